The zero-order valence-electron chi connectivity index (χ0n) is 15.1. The van der Waals surface area contributed by atoms with Crippen LogP contribution in [0.3, 0.4) is 0 Å². The molecule has 0 spiro atoms. The fourth-order valence-electron chi connectivity index (χ4n) is 3.15. The quantitative estimate of drug-likeness (QED) is 0.769. The summed E-state index contributed by atoms with van der Waals surface area (Å²) in [5.41, 5.74) is 2.11. The molecule has 1 amide bonds. The first kappa shape index (κ1) is 19.1. The molecule has 3 rings (SSSR count). The highest BCUT2D eigenvalue weighted by molar-refractivity contribution is 8.16. The summed E-state index contributed by atoms with van der Waals surface area (Å²) in [4.78, 5) is 17.1. The number of hydrogen-bond donors (Lipinski definition) is 1. The maximum Gasteiger partial charge on any atom is 0.251 e. The van der Waals surface area contributed by atoms with Gasteiger partial charge in [-0.15, -0.1) is 23.5 Å². The highest BCUT2D eigenvalue weighted by Gasteiger charge is 2.17. The van der Waals surface area contributed by atoms with Crippen molar-refractivity contribution in [1.82, 2.24) is 15.1 Å². The minimum atomic E-state index is 0.0499. The SMILES string of the molecule is CN1CCN(CCCNC(=O)c2ccc(C3SCCCS3)cc2)CC1. The minimum absolute atomic E-state index is 0.0499. The molecule has 2 heterocycles. The molecule has 25 heavy (non-hydrogen) atoms. The van der Waals surface area contributed by atoms with E-state index in [0.717, 1.165) is 51.3 Å². The zero-order valence-corrected chi connectivity index (χ0v) is 16.7. The number of nitrogens with zero attached hydrogens (tertiary/aromatic N) is 2. The Morgan fingerprint density at radius 2 is 1.80 bits per heavy atom. The topological polar surface area (TPSA) is 35.6 Å². The Morgan fingerprint density at radius 3 is 2.48 bits per heavy atom. The number of piperazine rings is 1. The Bertz CT molecular complexity index is 538. The van der Waals surface area contributed by atoms with Gasteiger partial charge in [0.05, 0.1) is 4.58 Å². The number of rotatable bonds is 6. The molecule has 0 atom stereocenters. The lowest BCUT2D eigenvalue weighted by atomic mass is 10.1. The Kier molecular flexibility index (Phi) is 7.52. The fraction of sp³-hybridized carbons (Fsp3) is 0.632. The largest absolute Gasteiger partial charge is 0.352 e. The summed E-state index contributed by atoms with van der Waals surface area (Å²) < 4.78 is 0.537. The molecule has 0 radical (unpaired) electrons. The average molecular weight is 380 g/mol. The lowest BCUT2D eigenvalue weighted by Crippen LogP contribution is -2.45. The van der Waals surface area contributed by atoms with E-state index in [1.807, 2.05) is 35.7 Å². The van der Waals surface area contributed by atoms with Crippen LogP contribution in [0, 0.1) is 0 Å². The Labute approximate surface area is 160 Å². The third kappa shape index (κ3) is 5.91. The van der Waals surface area contributed by atoms with E-state index in [-0.39, 0.29) is 5.91 Å². The number of hydrogen-bond acceptors (Lipinski definition) is 5. The molecule has 0 bridgehead atoms. The van der Waals surface area contributed by atoms with E-state index >= 15 is 0 Å². The van der Waals surface area contributed by atoms with Crippen molar-refractivity contribution in [2.45, 2.75) is 17.4 Å². The van der Waals surface area contributed by atoms with Crippen molar-refractivity contribution >= 4 is 29.4 Å². The molecule has 1 N–H and O–H groups in total. The van der Waals surface area contributed by atoms with Gasteiger partial charge in [-0.3, -0.25) is 4.79 Å². The van der Waals surface area contributed by atoms with E-state index in [4.69, 9.17) is 0 Å². The smallest absolute Gasteiger partial charge is 0.251 e. The molecule has 0 unspecified atom stereocenters. The van der Waals surface area contributed by atoms with Crippen LogP contribution in [0.1, 0.15) is 33.3 Å². The van der Waals surface area contributed by atoms with Crippen LogP contribution >= 0.6 is 23.5 Å². The van der Waals surface area contributed by atoms with Gasteiger partial charge in [-0.2, -0.15) is 0 Å². The monoisotopic (exact) mass is 379 g/mol. The van der Waals surface area contributed by atoms with Crippen LogP contribution in [0.25, 0.3) is 0 Å². The van der Waals surface area contributed by atoms with E-state index in [9.17, 15) is 4.79 Å². The number of carbonyl (C=O) groups is 1. The van der Waals surface area contributed by atoms with Crippen LogP contribution in [0.2, 0.25) is 0 Å². The number of benzene rings is 1. The average Bonchev–Trinajstić information content (AvgIpc) is 2.67. The minimum Gasteiger partial charge on any atom is -0.352 e. The van der Waals surface area contributed by atoms with E-state index in [2.05, 4.69) is 34.3 Å². The standard InChI is InChI=1S/C19H29N3OS2/c1-21-10-12-22(13-11-21)9-2-8-20-18(23)16-4-6-17(7-5-16)19-24-14-3-15-25-19/h4-7,19H,2-3,8-15H2,1H3,(H,20,23). The summed E-state index contributed by atoms with van der Waals surface area (Å²) in [6.07, 6.45) is 2.32. The molecule has 2 aliphatic rings. The highest BCUT2D eigenvalue weighted by Crippen LogP contribution is 2.43. The van der Waals surface area contributed by atoms with Crippen LogP contribution in [0.15, 0.2) is 24.3 Å². The molecule has 0 saturated carbocycles. The summed E-state index contributed by atoms with van der Waals surface area (Å²) in [6.45, 7) is 6.41. The molecule has 6 heteroatoms. The van der Waals surface area contributed by atoms with Gasteiger partial charge in [-0.05, 0) is 55.6 Å². The van der Waals surface area contributed by atoms with Crippen LogP contribution in [-0.2, 0) is 0 Å². The second kappa shape index (κ2) is 9.86. The summed E-state index contributed by atoms with van der Waals surface area (Å²) in [6, 6.07) is 8.19. The second-order valence-electron chi connectivity index (χ2n) is 6.80. The molecule has 2 saturated heterocycles. The number of carbonyl (C=O) groups excluding carboxylic acids is 1. The molecular formula is C19H29N3OS2. The van der Waals surface area contributed by atoms with Crippen molar-refractivity contribution in [3.05, 3.63) is 35.4 Å². The normalized spacial score (nSPS) is 20.5. The van der Waals surface area contributed by atoms with Crippen LogP contribution < -0.4 is 5.32 Å². The third-order valence-electron chi connectivity index (χ3n) is 4.80. The number of thioether (sulfide) groups is 2. The zero-order chi connectivity index (χ0) is 17.5. The maximum atomic E-state index is 12.3. The van der Waals surface area contributed by atoms with Crippen LogP contribution in [0.4, 0.5) is 0 Å². The van der Waals surface area contributed by atoms with E-state index in [1.165, 1.54) is 23.5 Å². The molecule has 0 aromatic heterocycles. The molecule has 1 aromatic carbocycles. The van der Waals surface area contributed by atoms with Gasteiger partial charge in [-0.1, -0.05) is 12.1 Å². The number of likely N-dealkylation sites (N-methyl/N-ethyl adjacent to an activating group) is 1. The van der Waals surface area contributed by atoms with Gasteiger partial charge in [-0.25, -0.2) is 0 Å². The summed E-state index contributed by atoms with van der Waals surface area (Å²) in [5, 5.41) is 3.06. The van der Waals surface area contributed by atoms with Gasteiger partial charge in [0.1, 0.15) is 0 Å². The van der Waals surface area contributed by atoms with Gasteiger partial charge in [0, 0.05) is 38.3 Å². The predicted octanol–water partition coefficient (Wildman–Crippen LogP) is 2.92. The van der Waals surface area contributed by atoms with Crippen molar-refractivity contribution in [2.75, 3.05) is 57.8 Å². The molecule has 4 nitrogen and oxygen atoms in total. The first-order valence-electron chi connectivity index (χ1n) is 9.24. The van der Waals surface area contributed by atoms with Gasteiger partial charge in [0.25, 0.3) is 5.91 Å². The predicted molar refractivity (Wildman–Crippen MR) is 110 cm³/mol. The summed E-state index contributed by atoms with van der Waals surface area (Å²) >= 11 is 4.03. The molecule has 2 aliphatic heterocycles. The van der Waals surface area contributed by atoms with Gasteiger partial charge in [0.2, 0.25) is 0 Å². The first-order valence-corrected chi connectivity index (χ1v) is 11.3. The van der Waals surface area contributed by atoms with Crippen LogP contribution in [0.5, 0.6) is 0 Å². The second-order valence-corrected chi connectivity index (χ2v) is 9.53. The highest BCUT2D eigenvalue weighted by atomic mass is 32.2. The van der Waals surface area contributed by atoms with Crippen molar-refractivity contribution in [1.29, 1.82) is 0 Å². The van der Waals surface area contributed by atoms with Gasteiger partial charge in [0.15, 0.2) is 0 Å². The first-order chi connectivity index (χ1) is 12.2. The van der Waals surface area contributed by atoms with Crippen LogP contribution in [-0.4, -0.2) is 73.5 Å². The Balaban J connectivity index is 1.37. The lowest BCUT2D eigenvalue weighted by molar-refractivity contribution is 0.0949. The number of nitrogens with one attached hydrogen (secondary N) is 1. The Morgan fingerprint density at radius 1 is 1.12 bits per heavy atom. The molecular weight excluding hydrogens is 350 g/mol. The summed E-state index contributed by atoms with van der Waals surface area (Å²) in [7, 11) is 2.18. The molecule has 2 fully saturated rings. The lowest BCUT2D eigenvalue weighted by Gasteiger charge is -2.32. The van der Waals surface area contributed by atoms with Gasteiger partial charge >= 0.3 is 0 Å². The van der Waals surface area contributed by atoms with Crippen molar-refractivity contribution in [2.24, 2.45) is 0 Å². The third-order valence-corrected chi connectivity index (χ3v) is 7.82. The molecule has 1 aromatic rings. The Hall–Kier alpha value is -0.690. The molecule has 138 valence electrons. The van der Waals surface area contributed by atoms with E-state index in [1.54, 1.807) is 0 Å². The van der Waals surface area contributed by atoms with Crippen molar-refractivity contribution in [3.8, 4) is 0 Å². The van der Waals surface area contributed by atoms with Crippen molar-refractivity contribution < 1.29 is 4.79 Å². The van der Waals surface area contributed by atoms with Gasteiger partial charge < -0.3 is 15.1 Å². The van der Waals surface area contributed by atoms with E-state index in [0.29, 0.717) is 4.58 Å². The number of amides is 1. The van der Waals surface area contributed by atoms with E-state index < -0.39 is 0 Å². The fourth-order valence-corrected chi connectivity index (χ4v) is 6.04. The summed E-state index contributed by atoms with van der Waals surface area (Å²) in [5.74, 6) is 2.54. The van der Waals surface area contributed by atoms with Crippen molar-refractivity contribution in [3.63, 3.8) is 0 Å². The molecule has 0 aliphatic carbocycles. The maximum absolute atomic E-state index is 12.3.